The summed E-state index contributed by atoms with van der Waals surface area (Å²) in [5.41, 5.74) is 1.23. The number of unbranched alkanes of at least 4 members (excludes halogenated alkanes) is 2. The van der Waals surface area contributed by atoms with Crippen LogP contribution in [0.5, 0.6) is 17.2 Å². The van der Waals surface area contributed by atoms with Gasteiger partial charge in [0.05, 0.1) is 24.8 Å². The number of methoxy groups -OCH3 is 2. The van der Waals surface area contributed by atoms with E-state index in [2.05, 4.69) is 5.32 Å². The molecule has 0 unspecified atom stereocenters. The second-order valence-corrected chi connectivity index (χ2v) is 9.00. The molecule has 0 aliphatic carbocycles. The van der Waals surface area contributed by atoms with Crippen LogP contribution in [-0.2, 0) is 9.59 Å². The van der Waals surface area contributed by atoms with Crippen molar-refractivity contribution in [2.45, 2.75) is 25.7 Å². The molecule has 0 radical (unpaired) electrons. The molecule has 1 aliphatic heterocycles. The topological polar surface area (TPSA) is 88.1 Å². The van der Waals surface area contributed by atoms with Crippen molar-refractivity contribution in [1.82, 2.24) is 4.90 Å². The molecular formula is C24H26N2O5S2. The van der Waals surface area contributed by atoms with Gasteiger partial charge in [-0.25, -0.2) is 0 Å². The molecule has 1 fully saturated rings. The van der Waals surface area contributed by atoms with E-state index in [0.717, 1.165) is 18.4 Å². The first-order valence-electron chi connectivity index (χ1n) is 10.5. The highest BCUT2D eigenvalue weighted by atomic mass is 32.2. The van der Waals surface area contributed by atoms with Crippen molar-refractivity contribution in [2.24, 2.45) is 0 Å². The second kappa shape index (κ2) is 11.7. The number of carbonyl (C=O) groups excluding carboxylic acids is 2. The number of aromatic hydroxyl groups is 1. The molecule has 3 rings (SSSR count). The minimum absolute atomic E-state index is 0.0429. The third-order valence-corrected chi connectivity index (χ3v) is 6.42. The minimum atomic E-state index is -0.153. The molecule has 0 atom stereocenters. The zero-order valence-corrected chi connectivity index (χ0v) is 20.1. The molecule has 174 valence electrons. The fourth-order valence-electron chi connectivity index (χ4n) is 3.31. The Hall–Kier alpha value is -3.04. The van der Waals surface area contributed by atoms with Crippen molar-refractivity contribution in [3.05, 3.63) is 52.9 Å². The summed E-state index contributed by atoms with van der Waals surface area (Å²) in [6.07, 6.45) is 4.33. The van der Waals surface area contributed by atoms with E-state index in [1.165, 1.54) is 17.8 Å². The van der Waals surface area contributed by atoms with Gasteiger partial charge in [0.15, 0.2) is 11.5 Å². The van der Waals surface area contributed by atoms with E-state index in [0.29, 0.717) is 45.8 Å². The Bertz CT molecular complexity index is 1070. The number of carbonyl (C=O) groups is 2. The summed E-state index contributed by atoms with van der Waals surface area (Å²) >= 11 is 6.68. The van der Waals surface area contributed by atoms with Gasteiger partial charge in [0.25, 0.3) is 5.91 Å². The monoisotopic (exact) mass is 486 g/mol. The Balaban J connectivity index is 1.47. The quantitative estimate of drug-likeness (QED) is 0.216. The maximum Gasteiger partial charge on any atom is 0.266 e. The highest BCUT2D eigenvalue weighted by molar-refractivity contribution is 8.26. The Labute approximate surface area is 202 Å². The number of ether oxygens (including phenoxy) is 2. The van der Waals surface area contributed by atoms with Crippen LogP contribution in [0.25, 0.3) is 6.08 Å². The lowest BCUT2D eigenvalue weighted by molar-refractivity contribution is -0.122. The number of rotatable bonds is 10. The molecular weight excluding hydrogens is 460 g/mol. The first kappa shape index (κ1) is 24.6. The fourth-order valence-corrected chi connectivity index (χ4v) is 4.62. The van der Waals surface area contributed by atoms with E-state index >= 15 is 0 Å². The van der Waals surface area contributed by atoms with Crippen LogP contribution in [0.4, 0.5) is 5.69 Å². The van der Waals surface area contributed by atoms with Crippen LogP contribution < -0.4 is 14.8 Å². The Morgan fingerprint density at radius 3 is 2.61 bits per heavy atom. The molecule has 2 amide bonds. The molecule has 1 saturated heterocycles. The van der Waals surface area contributed by atoms with Gasteiger partial charge in [-0.3, -0.25) is 14.5 Å². The third-order valence-electron chi connectivity index (χ3n) is 5.04. The summed E-state index contributed by atoms with van der Waals surface area (Å²) < 4.78 is 11.1. The zero-order valence-electron chi connectivity index (χ0n) is 18.5. The van der Waals surface area contributed by atoms with Gasteiger partial charge in [-0.2, -0.15) is 0 Å². The molecule has 0 bridgehead atoms. The number of benzene rings is 2. The molecule has 33 heavy (non-hydrogen) atoms. The highest BCUT2D eigenvalue weighted by Gasteiger charge is 2.31. The average Bonchev–Trinajstić information content (AvgIpc) is 3.07. The molecule has 9 heteroatoms. The van der Waals surface area contributed by atoms with Crippen LogP contribution in [-0.4, -0.2) is 46.9 Å². The summed E-state index contributed by atoms with van der Waals surface area (Å²) in [4.78, 5) is 27.0. The van der Waals surface area contributed by atoms with Crippen LogP contribution in [0, 0.1) is 0 Å². The van der Waals surface area contributed by atoms with Gasteiger partial charge in [-0.05, 0) is 48.7 Å². The number of thioether (sulfide) groups is 1. The van der Waals surface area contributed by atoms with Crippen LogP contribution in [0.3, 0.4) is 0 Å². The molecule has 7 nitrogen and oxygen atoms in total. The van der Waals surface area contributed by atoms with Gasteiger partial charge in [0.1, 0.15) is 10.1 Å². The molecule has 1 heterocycles. The van der Waals surface area contributed by atoms with Gasteiger partial charge in [0, 0.05) is 13.0 Å². The van der Waals surface area contributed by atoms with Crippen molar-refractivity contribution in [1.29, 1.82) is 0 Å². The van der Waals surface area contributed by atoms with E-state index in [1.54, 1.807) is 49.5 Å². The molecule has 1 aliphatic rings. The van der Waals surface area contributed by atoms with Crippen molar-refractivity contribution >= 4 is 51.9 Å². The second-order valence-electron chi connectivity index (χ2n) is 7.32. The molecule has 0 aromatic heterocycles. The molecule has 2 N–H and O–H groups in total. The first-order chi connectivity index (χ1) is 15.9. The van der Waals surface area contributed by atoms with Gasteiger partial charge < -0.3 is 19.9 Å². The summed E-state index contributed by atoms with van der Waals surface area (Å²) in [5, 5.41) is 12.4. The summed E-state index contributed by atoms with van der Waals surface area (Å²) in [5.74, 6) is 0.989. The van der Waals surface area contributed by atoms with E-state index in [1.807, 2.05) is 12.1 Å². The number of phenols is 1. The van der Waals surface area contributed by atoms with Crippen molar-refractivity contribution in [2.75, 3.05) is 26.1 Å². The SMILES string of the molecule is COc1ccc(C=C2SC(=S)N(CCCCCC(=O)Nc3ccccc3O)C2=O)cc1OC. The third kappa shape index (κ3) is 6.49. The maximum absolute atomic E-state index is 12.8. The number of para-hydroxylation sites is 2. The molecule has 2 aromatic carbocycles. The Morgan fingerprint density at radius 2 is 1.88 bits per heavy atom. The summed E-state index contributed by atoms with van der Waals surface area (Å²) in [7, 11) is 3.14. The number of hydrogen-bond donors (Lipinski definition) is 2. The van der Waals surface area contributed by atoms with Crippen LogP contribution >= 0.6 is 24.0 Å². The van der Waals surface area contributed by atoms with Crippen LogP contribution in [0.2, 0.25) is 0 Å². The lowest BCUT2D eigenvalue weighted by atomic mass is 10.1. The van der Waals surface area contributed by atoms with Gasteiger partial charge >= 0.3 is 0 Å². The Morgan fingerprint density at radius 1 is 1.12 bits per heavy atom. The number of anilines is 1. The first-order valence-corrected chi connectivity index (χ1v) is 11.7. The summed E-state index contributed by atoms with van der Waals surface area (Å²) in [6.45, 7) is 0.509. The molecule has 0 spiro atoms. The number of nitrogens with one attached hydrogen (secondary N) is 1. The van der Waals surface area contributed by atoms with Crippen molar-refractivity contribution in [3.8, 4) is 17.2 Å². The fraction of sp³-hybridized carbons (Fsp3) is 0.292. The van der Waals surface area contributed by atoms with Gasteiger partial charge in [-0.15, -0.1) is 0 Å². The van der Waals surface area contributed by atoms with Gasteiger partial charge in [0.2, 0.25) is 5.91 Å². The number of thiocarbonyl (C=S) groups is 1. The molecule has 0 saturated carbocycles. The number of amides is 2. The van der Waals surface area contributed by atoms with E-state index in [9.17, 15) is 14.7 Å². The van der Waals surface area contributed by atoms with Gasteiger partial charge in [-0.1, -0.05) is 48.6 Å². The summed E-state index contributed by atoms with van der Waals surface area (Å²) in [6, 6.07) is 12.1. The number of hydrogen-bond acceptors (Lipinski definition) is 7. The lowest BCUT2D eigenvalue weighted by Gasteiger charge is -2.14. The predicted molar refractivity (Wildman–Crippen MR) is 135 cm³/mol. The largest absolute Gasteiger partial charge is 0.506 e. The van der Waals surface area contributed by atoms with E-state index in [-0.39, 0.29) is 17.6 Å². The standard InChI is InChI=1S/C24H26N2O5S2/c1-30-19-12-11-16(14-20(19)31-2)15-21-23(29)26(24(32)33-21)13-7-3-4-10-22(28)25-17-8-5-6-9-18(17)27/h5-6,8-9,11-12,14-15,27H,3-4,7,10,13H2,1-2H3,(H,25,28). The smallest absolute Gasteiger partial charge is 0.266 e. The van der Waals surface area contributed by atoms with Crippen LogP contribution in [0.1, 0.15) is 31.2 Å². The van der Waals surface area contributed by atoms with E-state index < -0.39 is 0 Å². The number of phenolic OH excluding ortho intramolecular Hbond substituents is 1. The number of nitrogens with zero attached hydrogens (tertiary/aromatic N) is 1. The van der Waals surface area contributed by atoms with Crippen molar-refractivity contribution in [3.63, 3.8) is 0 Å². The van der Waals surface area contributed by atoms with Crippen molar-refractivity contribution < 1.29 is 24.2 Å². The lowest BCUT2D eigenvalue weighted by Crippen LogP contribution is -2.29. The highest BCUT2D eigenvalue weighted by Crippen LogP contribution is 2.34. The Kier molecular flexibility index (Phi) is 8.73. The van der Waals surface area contributed by atoms with Crippen LogP contribution in [0.15, 0.2) is 47.4 Å². The predicted octanol–water partition coefficient (Wildman–Crippen LogP) is 4.81. The molecule has 2 aromatic rings. The minimum Gasteiger partial charge on any atom is -0.506 e. The van der Waals surface area contributed by atoms with E-state index in [4.69, 9.17) is 21.7 Å². The normalized spacial score (nSPS) is 14.6. The maximum atomic E-state index is 12.8. The average molecular weight is 487 g/mol. The zero-order chi connectivity index (χ0) is 23.8.